The predicted octanol–water partition coefficient (Wildman–Crippen LogP) is 2.76. The first-order valence-corrected chi connectivity index (χ1v) is 7.77. The zero-order chi connectivity index (χ0) is 15.3. The molecule has 1 fully saturated rings. The molecular formula is C16H23ClN2O2. The van der Waals surface area contributed by atoms with Gasteiger partial charge in [0.2, 0.25) is 5.91 Å². The predicted molar refractivity (Wildman–Crippen MR) is 85.6 cm³/mol. The molecule has 1 aliphatic rings. The standard InChI is InChI=1S/C16H23ClN2O2/c1-16(12-20)8-2-9-19(11-16)10-7-15(21)18-14-5-3-13(17)4-6-14/h3-6,20H,2,7-12H2,1H3,(H,18,21). The number of amides is 1. The van der Waals surface area contributed by atoms with Gasteiger partial charge in [-0.25, -0.2) is 0 Å². The number of benzene rings is 1. The van der Waals surface area contributed by atoms with Crippen LogP contribution in [-0.2, 0) is 4.79 Å². The van der Waals surface area contributed by atoms with E-state index in [0.717, 1.165) is 38.2 Å². The number of aliphatic hydroxyl groups excluding tert-OH is 1. The van der Waals surface area contributed by atoms with Gasteiger partial charge in [-0.1, -0.05) is 18.5 Å². The second-order valence-electron chi connectivity index (χ2n) is 6.15. The number of hydrogen-bond donors (Lipinski definition) is 2. The van der Waals surface area contributed by atoms with Crippen molar-refractivity contribution in [2.75, 3.05) is 31.6 Å². The van der Waals surface area contributed by atoms with Crippen molar-refractivity contribution in [3.05, 3.63) is 29.3 Å². The van der Waals surface area contributed by atoms with Crippen molar-refractivity contribution in [2.45, 2.75) is 26.2 Å². The summed E-state index contributed by atoms with van der Waals surface area (Å²) in [5, 5.41) is 13.0. The first-order valence-electron chi connectivity index (χ1n) is 7.39. The molecule has 1 atom stereocenters. The fourth-order valence-corrected chi connectivity index (χ4v) is 2.89. The van der Waals surface area contributed by atoms with Crippen LogP contribution in [0.15, 0.2) is 24.3 Å². The highest BCUT2D eigenvalue weighted by Gasteiger charge is 2.30. The van der Waals surface area contributed by atoms with Crippen LogP contribution < -0.4 is 5.32 Å². The van der Waals surface area contributed by atoms with Crippen LogP contribution in [0.3, 0.4) is 0 Å². The van der Waals surface area contributed by atoms with Crippen molar-refractivity contribution in [3.63, 3.8) is 0 Å². The van der Waals surface area contributed by atoms with Gasteiger partial charge in [0.15, 0.2) is 0 Å². The van der Waals surface area contributed by atoms with Gasteiger partial charge in [0.1, 0.15) is 0 Å². The van der Waals surface area contributed by atoms with Crippen molar-refractivity contribution < 1.29 is 9.90 Å². The quantitative estimate of drug-likeness (QED) is 0.879. The Morgan fingerprint density at radius 3 is 2.81 bits per heavy atom. The minimum atomic E-state index is -0.0229. The number of halogens is 1. The van der Waals surface area contributed by atoms with Gasteiger partial charge in [0.25, 0.3) is 0 Å². The van der Waals surface area contributed by atoms with Crippen LogP contribution in [0.4, 0.5) is 5.69 Å². The summed E-state index contributed by atoms with van der Waals surface area (Å²) in [5.41, 5.74) is 0.744. The minimum Gasteiger partial charge on any atom is -0.396 e. The highest BCUT2D eigenvalue weighted by atomic mass is 35.5. The van der Waals surface area contributed by atoms with Crippen molar-refractivity contribution in [1.82, 2.24) is 4.90 Å². The number of rotatable bonds is 5. The lowest BCUT2D eigenvalue weighted by atomic mass is 9.83. The number of carbonyl (C=O) groups is 1. The number of piperidine rings is 1. The topological polar surface area (TPSA) is 52.6 Å². The summed E-state index contributed by atoms with van der Waals surface area (Å²) in [5.74, 6) is 0.00796. The SMILES string of the molecule is CC1(CO)CCCN(CCC(=O)Nc2ccc(Cl)cc2)C1. The summed E-state index contributed by atoms with van der Waals surface area (Å²) in [6.07, 6.45) is 2.59. The van der Waals surface area contributed by atoms with E-state index in [4.69, 9.17) is 11.6 Å². The molecule has 1 saturated heterocycles. The van der Waals surface area contributed by atoms with E-state index >= 15 is 0 Å². The molecule has 21 heavy (non-hydrogen) atoms. The average molecular weight is 311 g/mol. The molecule has 0 bridgehead atoms. The highest BCUT2D eigenvalue weighted by molar-refractivity contribution is 6.30. The molecule has 0 aliphatic carbocycles. The van der Waals surface area contributed by atoms with Gasteiger partial charge >= 0.3 is 0 Å². The van der Waals surface area contributed by atoms with Crippen LogP contribution in [0, 0.1) is 5.41 Å². The molecule has 0 saturated carbocycles. The highest BCUT2D eigenvalue weighted by Crippen LogP contribution is 2.28. The maximum Gasteiger partial charge on any atom is 0.225 e. The second-order valence-corrected chi connectivity index (χ2v) is 6.59. The van der Waals surface area contributed by atoms with E-state index in [1.54, 1.807) is 24.3 Å². The van der Waals surface area contributed by atoms with E-state index in [9.17, 15) is 9.90 Å². The van der Waals surface area contributed by atoms with Crippen LogP contribution >= 0.6 is 11.6 Å². The molecule has 5 heteroatoms. The molecule has 116 valence electrons. The van der Waals surface area contributed by atoms with Crippen LogP contribution in [0.2, 0.25) is 5.02 Å². The lowest BCUT2D eigenvalue weighted by Crippen LogP contribution is -2.44. The largest absolute Gasteiger partial charge is 0.396 e. The number of aliphatic hydroxyl groups is 1. The first kappa shape index (κ1) is 16.3. The zero-order valence-electron chi connectivity index (χ0n) is 12.4. The van der Waals surface area contributed by atoms with Crippen molar-refractivity contribution in [1.29, 1.82) is 0 Å². The molecular weight excluding hydrogens is 288 g/mol. The number of carbonyl (C=O) groups excluding carboxylic acids is 1. The number of likely N-dealkylation sites (tertiary alicyclic amines) is 1. The Morgan fingerprint density at radius 1 is 1.43 bits per heavy atom. The van der Waals surface area contributed by atoms with E-state index in [1.807, 2.05) is 0 Å². The number of nitrogens with one attached hydrogen (secondary N) is 1. The summed E-state index contributed by atoms with van der Waals surface area (Å²) < 4.78 is 0. The normalized spacial score (nSPS) is 23.0. The van der Waals surface area contributed by atoms with E-state index < -0.39 is 0 Å². The number of hydrogen-bond acceptors (Lipinski definition) is 3. The monoisotopic (exact) mass is 310 g/mol. The molecule has 1 unspecified atom stereocenters. The van der Waals surface area contributed by atoms with Crippen LogP contribution in [0.25, 0.3) is 0 Å². The van der Waals surface area contributed by atoms with Gasteiger partial charge in [-0.05, 0) is 43.7 Å². The summed E-state index contributed by atoms with van der Waals surface area (Å²) in [4.78, 5) is 14.2. The Bertz CT molecular complexity index is 478. The maximum absolute atomic E-state index is 12.0. The maximum atomic E-state index is 12.0. The molecule has 0 aromatic heterocycles. The molecule has 0 radical (unpaired) electrons. The summed E-state index contributed by atoms with van der Waals surface area (Å²) in [6, 6.07) is 7.11. The molecule has 2 rings (SSSR count). The van der Waals surface area contributed by atoms with Gasteiger partial charge in [-0.15, -0.1) is 0 Å². The average Bonchev–Trinajstić information content (AvgIpc) is 2.48. The van der Waals surface area contributed by atoms with Crippen molar-refractivity contribution >= 4 is 23.2 Å². The van der Waals surface area contributed by atoms with Crippen LogP contribution in [-0.4, -0.2) is 42.2 Å². The second kappa shape index (κ2) is 7.25. The minimum absolute atomic E-state index is 0.00796. The summed E-state index contributed by atoms with van der Waals surface area (Å²) in [6.45, 7) is 4.91. The first-order chi connectivity index (χ1) is 10.0. The third-order valence-electron chi connectivity index (χ3n) is 4.02. The number of anilines is 1. The Balaban J connectivity index is 1.77. The van der Waals surface area contributed by atoms with Gasteiger partial charge < -0.3 is 15.3 Å². The van der Waals surface area contributed by atoms with Crippen molar-refractivity contribution in [2.24, 2.45) is 5.41 Å². The lowest BCUT2D eigenvalue weighted by molar-refractivity contribution is -0.116. The van der Waals surface area contributed by atoms with Crippen LogP contribution in [0.1, 0.15) is 26.2 Å². The summed E-state index contributed by atoms with van der Waals surface area (Å²) in [7, 11) is 0. The lowest BCUT2D eigenvalue weighted by Gasteiger charge is -2.39. The van der Waals surface area contributed by atoms with Crippen LogP contribution in [0.5, 0.6) is 0 Å². The molecule has 1 aromatic rings. The zero-order valence-corrected chi connectivity index (χ0v) is 13.2. The Morgan fingerprint density at radius 2 is 2.14 bits per heavy atom. The fourth-order valence-electron chi connectivity index (χ4n) is 2.76. The molecule has 1 aromatic carbocycles. The van der Waals surface area contributed by atoms with E-state index in [-0.39, 0.29) is 17.9 Å². The third kappa shape index (κ3) is 4.99. The molecule has 2 N–H and O–H groups in total. The summed E-state index contributed by atoms with van der Waals surface area (Å²) >= 11 is 5.81. The van der Waals surface area contributed by atoms with E-state index in [2.05, 4.69) is 17.1 Å². The molecule has 1 aliphatic heterocycles. The Kier molecular flexibility index (Phi) is 5.62. The van der Waals surface area contributed by atoms with Gasteiger partial charge in [-0.3, -0.25) is 4.79 Å². The van der Waals surface area contributed by atoms with Gasteiger partial charge in [-0.2, -0.15) is 0 Å². The number of nitrogens with zero attached hydrogens (tertiary/aromatic N) is 1. The molecule has 1 heterocycles. The van der Waals surface area contributed by atoms with E-state index in [0.29, 0.717) is 11.4 Å². The molecule has 4 nitrogen and oxygen atoms in total. The third-order valence-corrected chi connectivity index (χ3v) is 4.28. The van der Waals surface area contributed by atoms with Crippen molar-refractivity contribution in [3.8, 4) is 0 Å². The van der Waals surface area contributed by atoms with E-state index in [1.165, 1.54) is 0 Å². The fraction of sp³-hybridized carbons (Fsp3) is 0.562. The Labute approximate surface area is 131 Å². The van der Waals surface area contributed by atoms with Gasteiger partial charge in [0.05, 0.1) is 0 Å². The molecule has 0 spiro atoms. The molecule has 1 amide bonds. The van der Waals surface area contributed by atoms with Gasteiger partial charge in [0, 0.05) is 42.2 Å². The Hall–Kier alpha value is -1.10. The smallest absolute Gasteiger partial charge is 0.225 e.